The Balaban J connectivity index is 1.73. The van der Waals surface area contributed by atoms with Crippen LogP contribution in [-0.2, 0) is 25.1 Å². The van der Waals surface area contributed by atoms with Crippen molar-refractivity contribution in [2.45, 2.75) is 44.1 Å². The number of aryl methyl sites for hydroxylation is 2. The molecule has 8 heteroatoms. The number of hydrogen-bond acceptors (Lipinski definition) is 4. The van der Waals surface area contributed by atoms with E-state index in [1.54, 1.807) is 12.1 Å². The highest BCUT2D eigenvalue weighted by Crippen LogP contribution is 2.31. The van der Waals surface area contributed by atoms with E-state index >= 15 is 0 Å². The molecule has 158 valence electrons. The average Bonchev–Trinajstić information content (AvgIpc) is 3.08. The minimum atomic E-state index is -4.36. The number of alkyl halides is 3. The summed E-state index contributed by atoms with van der Waals surface area (Å²) in [7, 11) is 0. The molecular weight excluding hydrogens is 411 g/mol. The summed E-state index contributed by atoms with van der Waals surface area (Å²) in [6.07, 6.45) is -2.64. The van der Waals surface area contributed by atoms with Crippen LogP contribution in [0, 0.1) is 13.8 Å². The van der Waals surface area contributed by atoms with Crippen LogP contribution in [-0.4, -0.2) is 14.8 Å². The first-order chi connectivity index (χ1) is 14.3. The lowest BCUT2D eigenvalue weighted by molar-refractivity contribution is -0.137. The number of ether oxygens (including phenoxy) is 1. The lowest BCUT2D eigenvalue weighted by atomic mass is 10.1. The zero-order valence-electron chi connectivity index (χ0n) is 16.7. The Morgan fingerprint density at radius 2 is 1.93 bits per heavy atom. The zero-order valence-corrected chi connectivity index (χ0v) is 17.6. The Labute approximate surface area is 177 Å². The molecule has 0 amide bonds. The van der Waals surface area contributed by atoms with Crippen molar-refractivity contribution in [3.05, 3.63) is 83.2 Å². The van der Waals surface area contributed by atoms with Gasteiger partial charge in [0.1, 0.15) is 12.4 Å². The first-order valence-corrected chi connectivity index (χ1v) is 10.3. The largest absolute Gasteiger partial charge is 0.485 e. The summed E-state index contributed by atoms with van der Waals surface area (Å²) in [6, 6.07) is 11.3. The van der Waals surface area contributed by atoms with Crippen molar-refractivity contribution in [3.63, 3.8) is 0 Å². The normalized spacial score (nSPS) is 11.5. The zero-order chi connectivity index (χ0) is 21.7. The maximum atomic E-state index is 12.9. The van der Waals surface area contributed by atoms with Crippen LogP contribution in [0.1, 0.15) is 28.1 Å². The van der Waals surface area contributed by atoms with Gasteiger partial charge in [0.15, 0.2) is 11.0 Å². The Hall–Kier alpha value is -2.74. The van der Waals surface area contributed by atoms with E-state index in [4.69, 9.17) is 4.74 Å². The van der Waals surface area contributed by atoms with E-state index in [0.717, 1.165) is 29.0 Å². The third-order valence-corrected chi connectivity index (χ3v) is 5.47. The minimum absolute atomic E-state index is 0.231. The van der Waals surface area contributed by atoms with Crippen LogP contribution < -0.4 is 4.74 Å². The molecular formula is C22H22F3N3OS. The highest BCUT2D eigenvalue weighted by atomic mass is 32.2. The molecule has 2 aromatic carbocycles. The van der Waals surface area contributed by atoms with Crippen LogP contribution in [0.5, 0.6) is 5.75 Å². The monoisotopic (exact) mass is 433 g/mol. The van der Waals surface area contributed by atoms with E-state index in [1.807, 2.05) is 36.6 Å². The van der Waals surface area contributed by atoms with Crippen LogP contribution >= 0.6 is 11.8 Å². The number of halogens is 3. The van der Waals surface area contributed by atoms with Crippen LogP contribution in [0.3, 0.4) is 0 Å². The van der Waals surface area contributed by atoms with Crippen molar-refractivity contribution in [2.75, 3.05) is 0 Å². The maximum absolute atomic E-state index is 12.9. The Morgan fingerprint density at radius 1 is 1.13 bits per heavy atom. The van der Waals surface area contributed by atoms with Crippen molar-refractivity contribution in [1.82, 2.24) is 14.8 Å². The summed E-state index contributed by atoms with van der Waals surface area (Å²) < 4.78 is 46.5. The predicted molar refractivity (Wildman–Crippen MR) is 111 cm³/mol. The van der Waals surface area contributed by atoms with E-state index in [-0.39, 0.29) is 6.61 Å². The van der Waals surface area contributed by atoms with Gasteiger partial charge in [0.05, 0.1) is 5.56 Å². The molecule has 0 saturated heterocycles. The highest BCUT2D eigenvalue weighted by molar-refractivity contribution is 7.98. The average molecular weight is 433 g/mol. The van der Waals surface area contributed by atoms with E-state index in [2.05, 4.69) is 16.8 Å². The number of benzene rings is 2. The third-order valence-electron chi connectivity index (χ3n) is 4.43. The molecule has 0 saturated carbocycles. The van der Waals surface area contributed by atoms with Crippen LogP contribution in [0.2, 0.25) is 0 Å². The van der Waals surface area contributed by atoms with Crippen molar-refractivity contribution in [2.24, 2.45) is 0 Å². The van der Waals surface area contributed by atoms with Gasteiger partial charge >= 0.3 is 6.18 Å². The maximum Gasteiger partial charge on any atom is 0.416 e. The first-order valence-electron chi connectivity index (χ1n) is 9.30. The minimum Gasteiger partial charge on any atom is -0.485 e. The highest BCUT2D eigenvalue weighted by Gasteiger charge is 2.30. The van der Waals surface area contributed by atoms with Crippen LogP contribution in [0.4, 0.5) is 13.2 Å². The number of nitrogens with zero attached hydrogens (tertiary/aromatic N) is 3. The van der Waals surface area contributed by atoms with Crippen molar-refractivity contribution < 1.29 is 17.9 Å². The molecule has 1 aromatic heterocycles. The van der Waals surface area contributed by atoms with E-state index in [1.165, 1.54) is 17.8 Å². The molecule has 0 N–H and O–H groups in total. The lowest BCUT2D eigenvalue weighted by Gasteiger charge is -2.11. The van der Waals surface area contributed by atoms with Crippen LogP contribution in [0.25, 0.3) is 0 Å². The molecule has 30 heavy (non-hydrogen) atoms. The van der Waals surface area contributed by atoms with Gasteiger partial charge in [0.25, 0.3) is 0 Å². The smallest absolute Gasteiger partial charge is 0.416 e. The molecule has 0 unspecified atom stereocenters. The van der Waals surface area contributed by atoms with Gasteiger partial charge in [0.2, 0.25) is 0 Å². The Morgan fingerprint density at radius 3 is 2.67 bits per heavy atom. The molecule has 3 aromatic rings. The van der Waals surface area contributed by atoms with Gasteiger partial charge in [-0.3, -0.25) is 4.57 Å². The fourth-order valence-corrected chi connectivity index (χ4v) is 3.75. The summed E-state index contributed by atoms with van der Waals surface area (Å²) >= 11 is 1.33. The molecule has 4 nitrogen and oxygen atoms in total. The predicted octanol–water partition coefficient (Wildman–Crippen LogP) is 5.97. The van der Waals surface area contributed by atoms with Crippen molar-refractivity contribution in [3.8, 4) is 5.75 Å². The molecule has 0 radical (unpaired) electrons. The first kappa shape index (κ1) is 22.0. The van der Waals surface area contributed by atoms with Gasteiger partial charge in [-0.05, 0) is 42.7 Å². The fraction of sp³-hybridized carbons (Fsp3) is 0.273. The molecule has 0 bridgehead atoms. The Kier molecular flexibility index (Phi) is 6.87. The topological polar surface area (TPSA) is 39.9 Å². The van der Waals surface area contributed by atoms with Crippen molar-refractivity contribution in [1.29, 1.82) is 0 Å². The van der Waals surface area contributed by atoms with Gasteiger partial charge in [-0.2, -0.15) is 13.2 Å². The molecule has 1 heterocycles. The van der Waals surface area contributed by atoms with E-state index < -0.39 is 11.7 Å². The number of allylic oxidation sites excluding steroid dienone is 1. The third kappa shape index (κ3) is 5.44. The number of hydrogen-bond donors (Lipinski definition) is 0. The van der Waals surface area contributed by atoms with E-state index in [9.17, 15) is 13.2 Å². The SMILES string of the molecule is C=CCn1c(COc2cc(C)ccc2C)nnc1SCc1cccc(C(F)(F)F)c1. The van der Waals surface area contributed by atoms with Gasteiger partial charge in [-0.25, -0.2) is 0 Å². The fourth-order valence-electron chi connectivity index (χ4n) is 2.84. The second-order valence-corrected chi connectivity index (χ2v) is 7.79. The lowest BCUT2D eigenvalue weighted by Crippen LogP contribution is -2.08. The number of aromatic nitrogens is 3. The quantitative estimate of drug-likeness (QED) is 0.324. The Bertz CT molecular complexity index is 1030. The molecule has 0 fully saturated rings. The molecule has 0 aliphatic rings. The molecule has 0 spiro atoms. The molecule has 0 aliphatic heterocycles. The number of thioether (sulfide) groups is 1. The number of rotatable bonds is 8. The van der Waals surface area contributed by atoms with Gasteiger partial charge in [0, 0.05) is 12.3 Å². The standard InChI is InChI=1S/C22H22F3N3OS/c1-4-10-28-20(13-29-19-11-15(2)8-9-16(19)3)26-27-21(28)30-14-17-6-5-7-18(12-17)22(23,24)25/h4-9,11-12H,1,10,13-14H2,2-3H3. The van der Waals surface area contributed by atoms with Crippen molar-refractivity contribution >= 4 is 11.8 Å². The summed E-state index contributed by atoms with van der Waals surface area (Å²) in [5.74, 6) is 1.75. The van der Waals surface area contributed by atoms with Gasteiger partial charge < -0.3 is 4.74 Å². The molecule has 3 rings (SSSR count). The molecule has 0 aliphatic carbocycles. The second kappa shape index (κ2) is 9.38. The summed E-state index contributed by atoms with van der Waals surface area (Å²) in [5, 5.41) is 9.01. The molecule has 0 atom stereocenters. The summed E-state index contributed by atoms with van der Waals surface area (Å²) in [5.41, 5.74) is 2.03. The van der Waals surface area contributed by atoms with Gasteiger partial charge in [-0.15, -0.1) is 16.8 Å². The summed E-state index contributed by atoms with van der Waals surface area (Å²) in [6.45, 7) is 8.44. The van der Waals surface area contributed by atoms with Gasteiger partial charge in [-0.1, -0.05) is 48.2 Å². The van der Waals surface area contributed by atoms with Crippen LogP contribution in [0.15, 0.2) is 60.3 Å². The van der Waals surface area contributed by atoms with E-state index in [0.29, 0.717) is 28.8 Å². The second-order valence-electron chi connectivity index (χ2n) is 6.84. The summed E-state index contributed by atoms with van der Waals surface area (Å²) in [4.78, 5) is 0.